The van der Waals surface area contributed by atoms with E-state index in [-0.39, 0.29) is 11.8 Å². The average molecular weight is 344 g/mol. The van der Waals surface area contributed by atoms with Gasteiger partial charge in [-0.25, -0.2) is 0 Å². The monoisotopic (exact) mass is 343 g/mol. The van der Waals surface area contributed by atoms with Gasteiger partial charge < -0.3 is 0 Å². The minimum atomic E-state index is -0.195. The third-order valence-electron chi connectivity index (χ3n) is 3.79. The second kappa shape index (κ2) is 5.11. The van der Waals surface area contributed by atoms with E-state index in [9.17, 15) is 9.59 Å². The minimum Gasteiger partial charge on any atom is -0.270 e. The van der Waals surface area contributed by atoms with Crippen LogP contribution in [0.5, 0.6) is 0 Å². The molecule has 0 bridgehead atoms. The number of halogens is 1. The summed E-state index contributed by atoms with van der Waals surface area (Å²) in [6.07, 6.45) is 0. The molecule has 1 aliphatic rings. The summed E-state index contributed by atoms with van der Waals surface area (Å²) >= 11 is 3.38. The van der Waals surface area contributed by atoms with Gasteiger partial charge in [0.1, 0.15) is 0 Å². The maximum atomic E-state index is 12.5. The number of imide groups is 1. The molecule has 0 spiro atoms. The van der Waals surface area contributed by atoms with Crippen LogP contribution in [0, 0.1) is 13.8 Å². The van der Waals surface area contributed by atoms with Crippen LogP contribution in [0.15, 0.2) is 40.9 Å². The minimum absolute atomic E-state index is 0.195. The Balaban J connectivity index is 1.98. The zero-order valence-electron chi connectivity index (χ0n) is 11.8. The largest absolute Gasteiger partial charge is 0.270 e. The number of benzene rings is 2. The van der Waals surface area contributed by atoms with E-state index in [1.54, 1.807) is 0 Å². The Kier molecular flexibility index (Phi) is 3.41. The van der Waals surface area contributed by atoms with Gasteiger partial charge in [0.25, 0.3) is 11.8 Å². The summed E-state index contributed by atoms with van der Waals surface area (Å²) in [5.74, 6) is -0.391. The van der Waals surface area contributed by atoms with Gasteiger partial charge in [-0.1, -0.05) is 40.2 Å². The summed E-state index contributed by atoms with van der Waals surface area (Å²) in [4.78, 5) is 26.4. The van der Waals surface area contributed by atoms with Gasteiger partial charge in [0.15, 0.2) is 0 Å². The van der Waals surface area contributed by atoms with Gasteiger partial charge in [-0.05, 0) is 42.7 Å². The molecule has 0 fully saturated rings. The summed E-state index contributed by atoms with van der Waals surface area (Å²) in [5.41, 5.74) is 3.75. The maximum Gasteiger partial charge on any atom is 0.262 e. The van der Waals surface area contributed by atoms with Crippen molar-refractivity contribution in [2.75, 3.05) is 0 Å². The summed E-state index contributed by atoms with van der Waals surface area (Å²) in [6, 6.07) is 11.4. The van der Waals surface area contributed by atoms with Crippen LogP contribution >= 0.6 is 15.9 Å². The van der Waals surface area contributed by atoms with E-state index in [0.717, 1.165) is 21.2 Å². The van der Waals surface area contributed by atoms with E-state index >= 15 is 0 Å². The van der Waals surface area contributed by atoms with Crippen LogP contribution < -0.4 is 0 Å². The van der Waals surface area contributed by atoms with E-state index in [1.165, 1.54) is 4.90 Å². The third kappa shape index (κ3) is 2.29. The first-order valence-corrected chi connectivity index (χ1v) is 7.49. The summed E-state index contributed by atoms with van der Waals surface area (Å²) in [6.45, 7) is 4.04. The van der Waals surface area contributed by atoms with Gasteiger partial charge in [0, 0.05) is 4.47 Å². The number of nitrogens with zero attached hydrogens (tertiary/aromatic N) is 1. The van der Waals surface area contributed by atoms with E-state index in [2.05, 4.69) is 15.9 Å². The van der Waals surface area contributed by atoms with Crippen molar-refractivity contribution in [3.05, 3.63) is 68.7 Å². The molecule has 0 aliphatic carbocycles. The van der Waals surface area contributed by atoms with E-state index < -0.39 is 0 Å². The Morgan fingerprint density at radius 2 is 1.33 bits per heavy atom. The van der Waals surface area contributed by atoms with E-state index in [0.29, 0.717) is 17.7 Å². The summed E-state index contributed by atoms with van der Waals surface area (Å²) < 4.78 is 0.973. The fraction of sp³-hybridized carbons (Fsp3) is 0.176. The first-order chi connectivity index (χ1) is 9.99. The molecule has 0 radical (unpaired) electrons. The molecule has 3 rings (SSSR count). The van der Waals surface area contributed by atoms with Crippen molar-refractivity contribution in [2.45, 2.75) is 20.4 Å². The first kappa shape index (κ1) is 14.0. The zero-order chi connectivity index (χ0) is 15.1. The van der Waals surface area contributed by atoms with E-state index in [1.807, 2.05) is 50.2 Å². The highest BCUT2D eigenvalue weighted by molar-refractivity contribution is 9.10. The quantitative estimate of drug-likeness (QED) is 0.776. The summed E-state index contributed by atoms with van der Waals surface area (Å²) in [7, 11) is 0. The smallest absolute Gasteiger partial charge is 0.262 e. The molecule has 1 heterocycles. The van der Waals surface area contributed by atoms with Crippen LogP contribution in [-0.4, -0.2) is 16.7 Å². The number of carbonyl (C=O) groups is 2. The molecule has 1 aliphatic heterocycles. The number of amides is 2. The van der Waals surface area contributed by atoms with Crippen molar-refractivity contribution in [3.8, 4) is 0 Å². The molecule has 0 saturated heterocycles. The Labute approximate surface area is 131 Å². The molecular formula is C17H14BrNO2. The fourth-order valence-corrected chi connectivity index (χ4v) is 2.90. The van der Waals surface area contributed by atoms with Gasteiger partial charge in [-0.2, -0.15) is 0 Å². The molecule has 106 valence electrons. The molecule has 0 atom stereocenters. The van der Waals surface area contributed by atoms with Gasteiger partial charge in [0.05, 0.1) is 17.7 Å². The molecule has 0 saturated carbocycles. The first-order valence-electron chi connectivity index (χ1n) is 6.70. The van der Waals surface area contributed by atoms with Crippen LogP contribution in [0.25, 0.3) is 0 Å². The van der Waals surface area contributed by atoms with Crippen molar-refractivity contribution in [1.29, 1.82) is 0 Å². The lowest BCUT2D eigenvalue weighted by molar-refractivity contribution is 0.0642. The van der Waals surface area contributed by atoms with E-state index in [4.69, 9.17) is 0 Å². The number of carbonyl (C=O) groups excluding carboxylic acids is 2. The van der Waals surface area contributed by atoms with Crippen molar-refractivity contribution < 1.29 is 9.59 Å². The Morgan fingerprint density at radius 3 is 1.81 bits per heavy atom. The van der Waals surface area contributed by atoms with Crippen LogP contribution in [0.4, 0.5) is 0 Å². The van der Waals surface area contributed by atoms with Gasteiger partial charge >= 0.3 is 0 Å². The van der Waals surface area contributed by atoms with Crippen molar-refractivity contribution in [1.82, 2.24) is 4.90 Å². The number of fused-ring (bicyclic) bond motifs is 1. The molecule has 3 nitrogen and oxygen atoms in total. The van der Waals surface area contributed by atoms with Gasteiger partial charge in [0.2, 0.25) is 0 Å². The number of aryl methyl sites for hydroxylation is 2. The Hall–Kier alpha value is -1.94. The third-order valence-corrected chi connectivity index (χ3v) is 4.32. The van der Waals surface area contributed by atoms with Crippen LogP contribution in [0.1, 0.15) is 37.4 Å². The fourth-order valence-electron chi connectivity index (χ4n) is 2.64. The molecule has 4 heteroatoms. The number of hydrogen-bond acceptors (Lipinski definition) is 2. The average Bonchev–Trinajstić information content (AvgIpc) is 2.71. The number of rotatable bonds is 2. The normalized spacial score (nSPS) is 13.8. The summed E-state index contributed by atoms with van der Waals surface area (Å²) in [5, 5.41) is 0. The molecule has 0 N–H and O–H groups in total. The predicted octanol–water partition coefficient (Wildman–Crippen LogP) is 3.86. The lowest BCUT2D eigenvalue weighted by Crippen LogP contribution is -2.29. The molecule has 0 unspecified atom stereocenters. The predicted molar refractivity (Wildman–Crippen MR) is 84.3 cm³/mol. The highest BCUT2D eigenvalue weighted by atomic mass is 79.9. The Morgan fingerprint density at radius 1 is 0.857 bits per heavy atom. The lowest BCUT2D eigenvalue weighted by atomic mass is 9.99. The highest BCUT2D eigenvalue weighted by Crippen LogP contribution is 2.29. The topological polar surface area (TPSA) is 37.4 Å². The second-order valence-corrected chi connectivity index (χ2v) is 6.19. The zero-order valence-corrected chi connectivity index (χ0v) is 13.4. The van der Waals surface area contributed by atoms with Crippen LogP contribution in [0.2, 0.25) is 0 Å². The van der Waals surface area contributed by atoms with Crippen LogP contribution in [-0.2, 0) is 6.54 Å². The molecule has 2 aromatic rings. The van der Waals surface area contributed by atoms with Gasteiger partial charge in [-0.15, -0.1) is 0 Å². The van der Waals surface area contributed by atoms with Crippen molar-refractivity contribution >= 4 is 27.7 Å². The second-order valence-electron chi connectivity index (χ2n) is 5.27. The molecule has 2 aromatic carbocycles. The lowest BCUT2D eigenvalue weighted by Gasteiger charge is -2.14. The molecule has 21 heavy (non-hydrogen) atoms. The molecular weight excluding hydrogens is 330 g/mol. The molecule has 2 amide bonds. The SMILES string of the molecule is Cc1ccc(C)c2c1C(=O)N(Cc1ccc(Br)cc1)C2=O. The van der Waals surface area contributed by atoms with Crippen LogP contribution in [0.3, 0.4) is 0 Å². The van der Waals surface area contributed by atoms with Crippen molar-refractivity contribution in [2.24, 2.45) is 0 Å². The highest BCUT2D eigenvalue weighted by Gasteiger charge is 2.37. The maximum absolute atomic E-state index is 12.5. The van der Waals surface area contributed by atoms with Gasteiger partial charge in [-0.3, -0.25) is 14.5 Å². The standard InChI is InChI=1S/C17H14BrNO2/c1-10-3-4-11(2)15-14(10)16(20)19(17(15)21)9-12-5-7-13(18)8-6-12/h3-8H,9H2,1-2H3. The molecule has 0 aromatic heterocycles. The van der Waals surface area contributed by atoms with Crippen molar-refractivity contribution in [3.63, 3.8) is 0 Å². The number of hydrogen-bond donors (Lipinski definition) is 0. The Bertz CT molecular complexity index is 709.